The molecule has 8 nitrogen and oxygen atoms in total. The number of carbonyl (C=O) groups is 1. The van der Waals surface area contributed by atoms with Gasteiger partial charge in [-0.2, -0.15) is 0 Å². The highest BCUT2D eigenvalue weighted by molar-refractivity contribution is 5.79. The van der Waals surface area contributed by atoms with E-state index < -0.39 is 0 Å². The van der Waals surface area contributed by atoms with E-state index in [0.717, 1.165) is 75.8 Å². The molecule has 0 unspecified atom stereocenters. The van der Waals surface area contributed by atoms with Crippen molar-refractivity contribution < 1.29 is 4.79 Å². The Kier molecular flexibility index (Phi) is 5.78. The minimum absolute atomic E-state index is 0.124. The molecule has 0 bridgehead atoms. The van der Waals surface area contributed by atoms with Crippen molar-refractivity contribution in [3.8, 4) is 0 Å². The fourth-order valence-corrected chi connectivity index (χ4v) is 4.91. The number of amides is 1. The first-order chi connectivity index (χ1) is 15.6. The van der Waals surface area contributed by atoms with Crippen LogP contribution in [-0.4, -0.2) is 74.3 Å². The highest BCUT2D eigenvalue weighted by atomic mass is 16.2. The quantitative estimate of drug-likeness (QED) is 0.629. The van der Waals surface area contributed by atoms with Gasteiger partial charge in [-0.1, -0.05) is 0 Å². The molecule has 3 aromatic rings. The van der Waals surface area contributed by atoms with Gasteiger partial charge in [0.1, 0.15) is 11.5 Å². The average molecular weight is 434 g/mol. The number of pyridine rings is 1. The van der Waals surface area contributed by atoms with E-state index in [-0.39, 0.29) is 5.92 Å². The minimum Gasteiger partial charge on any atom is -0.355 e. The number of rotatable bonds is 4. The first-order valence-electron chi connectivity index (χ1n) is 11.5. The first kappa shape index (κ1) is 20.9. The van der Waals surface area contributed by atoms with E-state index in [2.05, 4.69) is 61.2 Å². The molecule has 0 spiro atoms. The monoisotopic (exact) mass is 433 g/mol. The van der Waals surface area contributed by atoms with Gasteiger partial charge in [0.25, 0.3) is 0 Å². The van der Waals surface area contributed by atoms with Crippen molar-refractivity contribution in [3.05, 3.63) is 53.9 Å². The second kappa shape index (κ2) is 8.86. The largest absolute Gasteiger partial charge is 0.355 e. The highest BCUT2D eigenvalue weighted by Crippen LogP contribution is 2.24. The summed E-state index contributed by atoms with van der Waals surface area (Å²) in [6.07, 6.45) is 9.10. The SMILES string of the molecule is Cc1ccn2c(CN3CCN(C(=O)C4CCN(c5cnccn5)CC4)CC3)c(C)nc2c1. The Bertz CT molecular complexity index is 1080. The molecule has 2 fully saturated rings. The number of imidazole rings is 1. The second-order valence-corrected chi connectivity index (χ2v) is 9.00. The molecule has 0 saturated carbocycles. The van der Waals surface area contributed by atoms with Gasteiger partial charge in [0.2, 0.25) is 5.91 Å². The van der Waals surface area contributed by atoms with Gasteiger partial charge >= 0.3 is 0 Å². The lowest BCUT2D eigenvalue weighted by molar-refractivity contribution is -0.138. The first-order valence-corrected chi connectivity index (χ1v) is 11.5. The fourth-order valence-electron chi connectivity index (χ4n) is 4.91. The van der Waals surface area contributed by atoms with Crippen molar-refractivity contribution >= 4 is 17.4 Å². The number of anilines is 1. The predicted octanol–water partition coefficient (Wildman–Crippen LogP) is 2.30. The zero-order valence-corrected chi connectivity index (χ0v) is 18.9. The van der Waals surface area contributed by atoms with Gasteiger partial charge in [-0.25, -0.2) is 9.97 Å². The molecule has 32 heavy (non-hydrogen) atoms. The molecule has 2 saturated heterocycles. The third-order valence-electron chi connectivity index (χ3n) is 6.86. The van der Waals surface area contributed by atoms with Crippen molar-refractivity contribution in [2.75, 3.05) is 44.2 Å². The Morgan fingerprint density at radius 1 is 1.06 bits per heavy atom. The number of hydrogen-bond acceptors (Lipinski definition) is 6. The van der Waals surface area contributed by atoms with E-state index >= 15 is 0 Å². The van der Waals surface area contributed by atoms with Gasteiger partial charge < -0.3 is 14.2 Å². The van der Waals surface area contributed by atoms with Crippen LogP contribution in [0.4, 0.5) is 5.82 Å². The van der Waals surface area contributed by atoms with Crippen LogP contribution in [0.15, 0.2) is 36.9 Å². The average Bonchev–Trinajstić information content (AvgIpc) is 3.13. The molecule has 2 aliphatic rings. The van der Waals surface area contributed by atoms with E-state index in [1.165, 1.54) is 11.3 Å². The molecule has 0 aliphatic carbocycles. The van der Waals surface area contributed by atoms with Gasteiger partial charge in [-0.05, 0) is 44.4 Å². The summed E-state index contributed by atoms with van der Waals surface area (Å²) < 4.78 is 2.20. The zero-order valence-electron chi connectivity index (χ0n) is 18.9. The van der Waals surface area contributed by atoms with Crippen LogP contribution in [0.25, 0.3) is 5.65 Å². The van der Waals surface area contributed by atoms with Gasteiger partial charge in [0.15, 0.2) is 0 Å². The maximum absolute atomic E-state index is 13.1. The number of hydrogen-bond donors (Lipinski definition) is 0. The van der Waals surface area contributed by atoms with E-state index in [1.807, 2.05) is 0 Å². The third kappa shape index (κ3) is 4.19. The minimum atomic E-state index is 0.124. The van der Waals surface area contributed by atoms with Crippen LogP contribution >= 0.6 is 0 Å². The lowest BCUT2D eigenvalue weighted by atomic mass is 9.95. The van der Waals surface area contributed by atoms with Gasteiger partial charge in [-0.15, -0.1) is 0 Å². The summed E-state index contributed by atoms with van der Waals surface area (Å²) in [7, 11) is 0. The van der Waals surface area contributed by atoms with E-state index in [0.29, 0.717) is 5.91 Å². The lowest BCUT2D eigenvalue weighted by Gasteiger charge is -2.38. The van der Waals surface area contributed by atoms with E-state index in [1.54, 1.807) is 18.6 Å². The summed E-state index contributed by atoms with van der Waals surface area (Å²) >= 11 is 0. The third-order valence-corrected chi connectivity index (χ3v) is 6.86. The topological polar surface area (TPSA) is 69.9 Å². The summed E-state index contributed by atoms with van der Waals surface area (Å²) in [5.41, 5.74) is 4.57. The molecular formula is C24H31N7O. The summed E-state index contributed by atoms with van der Waals surface area (Å²) in [4.78, 5) is 33.1. The molecule has 2 aliphatic heterocycles. The second-order valence-electron chi connectivity index (χ2n) is 9.00. The van der Waals surface area contributed by atoms with Crippen LogP contribution in [0, 0.1) is 19.8 Å². The van der Waals surface area contributed by atoms with Gasteiger partial charge in [-0.3, -0.25) is 14.7 Å². The summed E-state index contributed by atoms with van der Waals surface area (Å²) in [6, 6.07) is 4.26. The molecule has 0 aromatic carbocycles. The number of piperazine rings is 1. The van der Waals surface area contributed by atoms with Crippen molar-refractivity contribution in [2.24, 2.45) is 5.92 Å². The molecule has 5 rings (SSSR count). The smallest absolute Gasteiger partial charge is 0.225 e. The number of nitrogens with zero attached hydrogens (tertiary/aromatic N) is 7. The number of fused-ring (bicyclic) bond motifs is 1. The molecule has 1 amide bonds. The van der Waals surface area contributed by atoms with Gasteiger partial charge in [0.05, 0.1) is 17.6 Å². The Morgan fingerprint density at radius 3 is 2.56 bits per heavy atom. The Morgan fingerprint density at radius 2 is 1.84 bits per heavy atom. The Labute approximate surface area is 188 Å². The van der Waals surface area contributed by atoms with Crippen molar-refractivity contribution in [1.29, 1.82) is 0 Å². The Hall–Kier alpha value is -3.00. The summed E-state index contributed by atoms with van der Waals surface area (Å²) in [6.45, 7) is 10.2. The maximum Gasteiger partial charge on any atom is 0.225 e. The van der Waals surface area contributed by atoms with Crippen LogP contribution in [0.5, 0.6) is 0 Å². The highest BCUT2D eigenvalue weighted by Gasteiger charge is 2.31. The standard InChI is InChI=1S/C24H31N7O/c1-18-3-10-31-21(19(2)27-22(31)15-18)17-28-11-13-30(14-12-28)24(32)20-4-8-29(9-5-20)23-16-25-6-7-26-23/h3,6-7,10,15-16,20H,4-5,8-9,11-14,17H2,1-2H3. The van der Waals surface area contributed by atoms with Crippen LogP contribution in [0.1, 0.15) is 29.8 Å². The van der Waals surface area contributed by atoms with E-state index in [4.69, 9.17) is 4.98 Å². The lowest BCUT2D eigenvalue weighted by Crippen LogP contribution is -2.51. The molecular weight excluding hydrogens is 402 g/mol. The van der Waals surface area contributed by atoms with E-state index in [9.17, 15) is 4.79 Å². The van der Waals surface area contributed by atoms with Gasteiger partial charge in [0, 0.05) is 70.3 Å². The number of carbonyl (C=O) groups excluding carboxylic acids is 1. The van der Waals surface area contributed by atoms with Crippen molar-refractivity contribution in [2.45, 2.75) is 33.2 Å². The molecule has 0 radical (unpaired) electrons. The molecule has 5 heterocycles. The summed E-state index contributed by atoms with van der Waals surface area (Å²) in [5.74, 6) is 1.36. The number of aromatic nitrogens is 4. The molecule has 0 atom stereocenters. The number of aryl methyl sites for hydroxylation is 2. The van der Waals surface area contributed by atoms with Crippen molar-refractivity contribution in [3.63, 3.8) is 0 Å². The number of piperidine rings is 1. The predicted molar refractivity (Wildman–Crippen MR) is 123 cm³/mol. The normalized spacial score (nSPS) is 18.4. The van der Waals surface area contributed by atoms with Crippen LogP contribution in [-0.2, 0) is 11.3 Å². The molecule has 8 heteroatoms. The summed E-state index contributed by atoms with van der Waals surface area (Å²) in [5, 5.41) is 0. The van der Waals surface area contributed by atoms with Crippen LogP contribution < -0.4 is 4.90 Å². The van der Waals surface area contributed by atoms with Crippen LogP contribution in [0.2, 0.25) is 0 Å². The Balaban J connectivity index is 1.14. The maximum atomic E-state index is 13.1. The van der Waals surface area contributed by atoms with Crippen LogP contribution in [0.3, 0.4) is 0 Å². The molecule has 3 aromatic heterocycles. The fraction of sp³-hybridized carbons (Fsp3) is 0.500. The molecule has 0 N–H and O–H groups in total. The zero-order chi connectivity index (χ0) is 22.1. The molecule has 168 valence electrons. The van der Waals surface area contributed by atoms with Crippen molar-refractivity contribution in [1.82, 2.24) is 29.2 Å².